The number of piperidine rings is 1. The van der Waals surface area contributed by atoms with Gasteiger partial charge in [-0.3, -0.25) is 4.79 Å². The number of thiophene rings is 1. The fraction of sp³-hybridized carbons (Fsp3) is 0.471. The Morgan fingerprint density at radius 2 is 2.14 bits per heavy atom. The highest BCUT2D eigenvalue weighted by atomic mass is 32.1. The molecule has 112 valence electrons. The van der Waals surface area contributed by atoms with E-state index in [0.29, 0.717) is 6.04 Å². The summed E-state index contributed by atoms with van der Waals surface area (Å²) in [7, 11) is 0. The highest BCUT2D eigenvalue weighted by Gasteiger charge is 2.25. The molecule has 1 aromatic carbocycles. The molecule has 2 heterocycles. The highest BCUT2D eigenvalue weighted by molar-refractivity contribution is 7.17. The van der Waals surface area contributed by atoms with Crippen LogP contribution >= 0.6 is 11.3 Å². The lowest BCUT2D eigenvalue weighted by Gasteiger charge is -2.34. The van der Waals surface area contributed by atoms with E-state index in [9.17, 15) is 4.79 Å². The van der Waals surface area contributed by atoms with E-state index >= 15 is 0 Å². The first kappa shape index (κ1) is 14.5. The smallest absolute Gasteiger partial charge is 0.254 e. The van der Waals surface area contributed by atoms with Gasteiger partial charge in [-0.15, -0.1) is 11.3 Å². The van der Waals surface area contributed by atoms with Crippen LogP contribution in [0.15, 0.2) is 29.6 Å². The Bertz CT molecular complexity index is 616. The Morgan fingerprint density at radius 1 is 1.33 bits per heavy atom. The Labute approximate surface area is 130 Å². The molecular weight excluding hydrogens is 280 g/mol. The summed E-state index contributed by atoms with van der Waals surface area (Å²) >= 11 is 1.72. The van der Waals surface area contributed by atoms with Crippen LogP contribution in [0.1, 0.15) is 36.5 Å². The van der Waals surface area contributed by atoms with E-state index in [0.717, 1.165) is 44.5 Å². The SMILES string of the molecule is CCCN(C(=O)c1ccc2sccc2c1)C1CCNCC1. The van der Waals surface area contributed by atoms with Gasteiger partial charge in [0.25, 0.3) is 5.91 Å². The predicted octanol–water partition coefficient (Wildman–Crippen LogP) is 3.51. The molecular formula is C17H22N2OS. The molecule has 3 rings (SSSR count). The number of amides is 1. The highest BCUT2D eigenvalue weighted by Crippen LogP contribution is 2.23. The molecule has 4 heteroatoms. The molecule has 0 aliphatic carbocycles. The van der Waals surface area contributed by atoms with Gasteiger partial charge >= 0.3 is 0 Å². The minimum absolute atomic E-state index is 0.192. The van der Waals surface area contributed by atoms with Crippen molar-refractivity contribution < 1.29 is 4.79 Å². The van der Waals surface area contributed by atoms with Crippen LogP contribution in [0.4, 0.5) is 0 Å². The van der Waals surface area contributed by atoms with Crippen molar-refractivity contribution in [2.75, 3.05) is 19.6 Å². The van der Waals surface area contributed by atoms with Crippen molar-refractivity contribution in [1.29, 1.82) is 0 Å². The molecule has 0 saturated carbocycles. The van der Waals surface area contributed by atoms with E-state index in [1.165, 1.54) is 10.1 Å². The van der Waals surface area contributed by atoms with Gasteiger partial charge in [0.15, 0.2) is 0 Å². The lowest BCUT2D eigenvalue weighted by molar-refractivity contribution is 0.0643. The van der Waals surface area contributed by atoms with Crippen molar-refractivity contribution in [3.8, 4) is 0 Å². The van der Waals surface area contributed by atoms with Gasteiger partial charge in [-0.25, -0.2) is 0 Å². The number of hydrogen-bond donors (Lipinski definition) is 1. The lowest BCUT2D eigenvalue weighted by atomic mass is 10.0. The first-order valence-electron chi connectivity index (χ1n) is 7.78. The predicted molar refractivity (Wildman–Crippen MR) is 89.0 cm³/mol. The second-order valence-corrected chi connectivity index (χ2v) is 6.60. The number of rotatable bonds is 4. The summed E-state index contributed by atoms with van der Waals surface area (Å²) in [5, 5.41) is 6.63. The van der Waals surface area contributed by atoms with Gasteiger partial charge in [-0.1, -0.05) is 6.92 Å². The number of fused-ring (bicyclic) bond motifs is 1. The summed E-state index contributed by atoms with van der Waals surface area (Å²) in [6.07, 6.45) is 3.13. The number of nitrogens with zero attached hydrogens (tertiary/aromatic N) is 1. The second-order valence-electron chi connectivity index (χ2n) is 5.65. The average molecular weight is 302 g/mol. The molecule has 1 aliphatic heterocycles. The third kappa shape index (κ3) is 3.11. The van der Waals surface area contributed by atoms with Crippen molar-refractivity contribution >= 4 is 27.3 Å². The van der Waals surface area contributed by atoms with E-state index in [-0.39, 0.29) is 5.91 Å². The molecule has 1 N–H and O–H groups in total. The van der Waals surface area contributed by atoms with Gasteiger partial charge in [0.05, 0.1) is 0 Å². The molecule has 21 heavy (non-hydrogen) atoms. The minimum Gasteiger partial charge on any atom is -0.336 e. The molecule has 1 aliphatic rings. The van der Waals surface area contributed by atoms with Gasteiger partial charge in [0, 0.05) is 22.8 Å². The maximum Gasteiger partial charge on any atom is 0.254 e. The lowest BCUT2D eigenvalue weighted by Crippen LogP contribution is -2.46. The maximum atomic E-state index is 12.9. The Kier molecular flexibility index (Phi) is 4.56. The van der Waals surface area contributed by atoms with E-state index in [2.05, 4.69) is 34.7 Å². The zero-order chi connectivity index (χ0) is 14.7. The van der Waals surface area contributed by atoms with Crippen molar-refractivity contribution in [3.05, 3.63) is 35.2 Å². The van der Waals surface area contributed by atoms with Crippen LogP contribution in [0.2, 0.25) is 0 Å². The number of hydrogen-bond acceptors (Lipinski definition) is 3. The van der Waals surface area contributed by atoms with Crippen molar-refractivity contribution in [3.63, 3.8) is 0 Å². The second kappa shape index (κ2) is 6.58. The van der Waals surface area contributed by atoms with Crippen molar-refractivity contribution in [1.82, 2.24) is 10.2 Å². The van der Waals surface area contributed by atoms with Crippen LogP contribution in [0.3, 0.4) is 0 Å². The molecule has 0 unspecified atom stereocenters. The fourth-order valence-corrected chi connectivity index (χ4v) is 3.85. The topological polar surface area (TPSA) is 32.3 Å². The first-order valence-corrected chi connectivity index (χ1v) is 8.66. The van der Waals surface area contributed by atoms with Crippen LogP contribution in [0.5, 0.6) is 0 Å². The summed E-state index contributed by atoms with van der Waals surface area (Å²) in [5.74, 6) is 0.192. The van der Waals surface area contributed by atoms with Gasteiger partial charge in [0.1, 0.15) is 0 Å². The summed E-state index contributed by atoms with van der Waals surface area (Å²) in [6.45, 7) is 5.03. The van der Waals surface area contributed by atoms with Gasteiger partial charge in [0.2, 0.25) is 0 Å². The molecule has 2 aromatic rings. The third-order valence-electron chi connectivity index (χ3n) is 4.17. The average Bonchev–Trinajstić information content (AvgIpc) is 3.00. The van der Waals surface area contributed by atoms with E-state index in [1.807, 2.05) is 12.1 Å². The van der Waals surface area contributed by atoms with Gasteiger partial charge in [-0.2, -0.15) is 0 Å². The molecule has 0 atom stereocenters. The van der Waals surface area contributed by atoms with Crippen LogP contribution in [0, 0.1) is 0 Å². The zero-order valence-electron chi connectivity index (χ0n) is 12.5. The van der Waals surface area contributed by atoms with Crippen LogP contribution in [-0.4, -0.2) is 36.5 Å². The molecule has 0 radical (unpaired) electrons. The number of carbonyl (C=O) groups is 1. The quantitative estimate of drug-likeness (QED) is 0.937. The van der Waals surface area contributed by atoms with E-state index < -0.39 is 0 Å². The zero-order valence-corrected chi connectivity index (χ0v) is 13.3. The van der Waals surface area contributed by atoms with Crippen molar-refractivity contribution in [2.45, 2.75) is 32.2 Å². The molecule has 0 spiro atoms. The molecule has 3 nitrogen and oxygen atoms in total. The summed E-state index contributed by atoms with van der Waals surface area (Å²) in [4.78, 5) is 15.0. The third-order valence-corrected chi connectivity index (χ3v) is 5.07. The Hall–Kier alpha value is -1.39. The standard InChI is InChI=1S/C17H22N2OS/c1-2-10-19(15-5-8-18-9-6-15)17(20)14-3-4-16-13(12-14)7-11-21-16/h3-4,7,11-12,15,18H,2,5-6,8-10H2,1H3. The van der Waals surface area contributed by atoms with Crippen molar-refractivity contribution in [2.24, 2.45) is 0 Å². The number of benzene rings is 1. The molecule has 1 saturated heterocycles. The summed E-state index contributed by atoms with van der Waals surface area (Å²) in [6, 6.07) is 8.56. The fourth-order valence-electron chi connectivity index (χ4n) is 3.07. The van der Waals surface area contributed by atoms with Gasteiger partial charge < -0.3 is 10.2 Å². The molecule has 0 bridgehead atoms. The molecule has 1 amide bonds. The van der Waals surface area contributed by atoms with Crippen LogP contribution < -0.4 is 5.32 Å². The van der Waals surface area contributed by atoms with E-state index in [1.54, 1.807) is 11.3 Å². The number of nitrogens with one attached hydrogen (secondary N) is 1. The van der Waals surface area contributed by atoms with Gasteiger partial charge in [-0.05, 0) is 67.4 Å². The number of carbonyl (C=O) groups excluding carboxylic acids is 1. The largest absolute Gasteiger partial charge is 0.336 e. The Morgan fingerprint density at radius 3 is 2.90 bits per heavy atom. The first-order chi connectivity index (χ1) is 10.3. The van der Waals surface area contributed by atoms with Crippen LogP contribution in [-0.2, 0) is 0 Å². The summed E-state index contributed by atoms with van der Waals surface area (Å²) < 4.78 is 1.25. The van der Waals surface area contributed by atoms with E-state index in [4.69, 9.17) is 0 Å². The minimum atomic E-state index is 0.192. The normalized spacial score (nSPS) is 16.2. The maximum absolute atomic E-state index is 12.9. The molecule has 1 aromatic heterocycles. The monoisotopic (exact) mass is 302 g/mol. The Balaban J connectivity index is 1.84. The summed E-state index contributed by atoms with van der Waals surface area (Å²) in [5.41, 5.74) is 0.827. The van der Waals surface area contributed by atoms with Crippen LogP contribution in [0.25, 0.3) is 10.1 Å². The molecule has 1 fully saturated rings.